The van der Waals surface area contributed by atoms with Crippen molar-refractivity contribution >= 4 is 17.8 Å². The van der Waals surface area contributed by atoms with E-state index >= 15 is 0 Å². The maximum atomic E-state index is 12.6. The Hall–Kier alpha value is -3.23. The van der Waals surface area contributed by atoms with E-state index in [9.17, 15) is 14.4 Å². The number of benzene rings is 2. The number of esters is 2. The number of amides is 1. The number of hydrogen-bond donors (Lipinski definition) is 1. The molecule has 0 radical (unpaired) electrons. The Balaban J connectivity index is 1.86. The Kier molecular flexibility index (Phi) is 6.58. The third kappa shape index (κ3) is 4.61. The molecule has 0 aromatic heterocycles. The molecule has 8 heteroatoms. The van der Waals surface area contributed by atoms with Gasteiger partial charge in [-0.15, -0.1) is 0 Å². The highest BCUT2D eigenvalue weighted by Gasteiger charge is 2.53. The zero-order valence-electron chi connectivity index (χ0n) is 15.9. The summed E-state index contributed by atoms with van der Waals surface area (Å²) in [4.78, 5) is 37.4. The first-order valence-corrected chi connectivity index (χ1v) is 8.97. The van der Waals surface area contributed by atoms with Crippen molar-refractivity contribution in [3.05, 3.63) is 71.8 Å². The maximum absolute atomic E-state index is 12.6. The second kappa shape index (κ2) is 9.31. The van der Waals surface area contributed by atoms with Crippen LogP contribution in [-0.4, -0.2) is 56.6 Å². The summed E-state index contributed by atoms with van der Waals surface area (Å²) in [6.45, 7) is 0. The SMILES string of the molecule is CNC(=O)[C@H]1O[C@@H](OC)[C@H](OC(=O)c2ccccc2)[C@@H]1OC(=O)c1ccccc1. The van der Waals surface area contributed by atoms with Crippen molar-refractivity contribution in [3.63, 3.8) is 0 Å². The minimum Gasteiger partial charge on any atom is -0.451 e. The first kappa shape index (κ1) is 20.5. The van der Waals surface area contributed by atoms with Crippen LogP contribution in [0.25, 0.3) is 0 Å². The monoisotopic (exact) mass is 399 g/mol. The van der Waals surface area contributed by atoms with E-state index in [1.54, 1.807) is 60.7 Å². The van der Waals surface area contributed by atoms with E-state index in [2.05, 4.69) is 5.32 Å². The normalized spacial score (nSPS) is 23.2. The van der Waals surface area contributed by atoms with Crippen molar-refractivity contribution in [2.45, 2.75) is 24.6 Å². The molecule has 29 heavy (non-hydrogen) atoms. The minimum atomic E-state index is -1.20. The second-order valence-corrected chi connectivity index (χ2v) is 6.25. The highest BCUT2D eigenvalue weighted by Crippen LogP contribution is 2.29. The van der Waals surface area contributed by atoms with Gasteiger partial charge in [-0.1, -0.05) is 36.4 Å². The fraction of sp³-hybridized carbons (Fsp3) is 0.286. The maximum Gasteiger partial charge on any atom is 0.338 e. The Morgan fingerprint density at radius 2 is 1.31 bits per heavy atom. The predicted molar refractivity (Wildman–Crippen MR) is 101 cm³/mol. The average molecular weight is 399 g/mol. The number of methoxy groups -OCH3 is 1. The van der Waals surface area contributed by atoms with E-state index in [-0.39, 0.29) is 5.56 Å². The summed E-state index contributed by atoms with van der Waals surface area (Å²) in [5.41, 5.74) is 0.594. The van der Waals surface area contributed by atoms with E-state index in [0.717, 1.165) is 0 Å². The van der Waals surface area contributed by atoms with Gasteiger partial charge in [-0.05, 0) is 24.3 Å². The summed E-state index contributed by atoms with van der Waals surface area (Å²) >= 11 is 0. The zero-order chi connectivity index (χ0) is 20.8. The number of rotatable bonds is 6. The standard InChI is InChI=1S/C21H21NO7/c1-22-18(23)16-15(27-19(24)13-9-5-3-6-10-13)17(21(26-2)29-16)28-20(25)14-11-7-4-8-12-14/h3-12,15-17,21H,1-2H3,(H,22,23)/t15-,16+,17-,21-/m1/s1. The number of carbonyl (C=O) groups excluding carboxylic acids is 3. The fourth-order valence-corrected chi connectivity index (χ4v) is 2.95. The predicted octanol–water partition coefficient (Wildman–Crippen LogP) is 1.55. The van der Waals surface area contributed by atoms with Gasteiger partial charge < -0.3 is 24.3 Å². The Bertz CT molecular complexity index is 856. The molecule has 0 aliphatic carbocycles. The van der Waals surface area contributed by atoms with Crippen molar-refractivity contribution in [1.29, 1.82) is 0 Å². The third-order valence-corrected chi connectivity index (χ3v) is 4.41. The lowest BCUT2D eigenvalue weighted by Gasteiger charge is -2.23. The molecule has 2 aromatic rings. The molecule has 0 unspecified atom stereocenters. The van der Waals surface area contributed by atoms with Crippen molar-refractivity contribution in [1.82, 2.24) is 5.32 Å². The lowest BCUT2D eigenvalue weighted by atomic mass is 10.1. The van der Waals surface area contributed by atoms with Crippen molar-refractivity contribution in [2.24, 2.45) is 0 Å². The Morgan fingerprint density at radius 3 is 1.76 bits per heavy atom. The summed E-state index contributed by atoms with van der Waals surface area (Å²) < 4.78 is 21.9. The summed E-state index contributed by atoms with van der Waals surface area (Å²) in [5, 5.41) is 2.45. The molecular formula is C21H21NO7. The molecule has 1 N–H and O–H groups in total. The number of nitrogens with one attached hydrogen (secondary N) is 1. The van der Waals surface area contributed by atoms with E-state index in [0.29, 0.717) is 5.56 Å². The lowest BCUT2D eigenvalue weighted by Crippen LogP contribution is -2.45. The molecule has 2 aromatic carbocycles. The zero-order valence-corrected chi connectivity index (χ0v) is 15.9. The Labute approximate surface area is 167 Å². The molecule has 4 atom stereocenters. The average Bonchev–Trinajstić information content (AvgIpc) is 3.11. The number of ether oxygens (including phenoxy) is 4. The third-order valence-electron chi connectivity index (χ3n) is 4.41. The van der Waals surface area contributed by atoms with Gasteiger partial charge in [0.05, 0.1) is 11.1 Å². The van der Waals surface area contributed by atoms with Crippen LogP contribution in [0, 0.1) is 0 Å². The molecule has 152 valence electrons. The van der Waals surface area contributed by atoms with Crippen LogP contribution in [0.5, 0.6) is 0 Å². The molecular weight excluding hydrogens is 378 g/mol. The number of hydrogen-bond acceptors (Lipinski definition) is 7. The fourth-order valence-electron chi connectivity index (χ4n) is 2.95. The van der Waals surface area contributed by atoms with Crippen LogP contribution in [0.15, 0.2) is 60.7 Å². The highest BCUT2D eigenvalue weighted by molar-refractivity contribution is 5.91. The van der Waals surface area contributed by atoms with Gasteiger partial charge >= 0.3 is 11.9 Å². The van der Waals surface area contributed by atoms with E-state index in [1.807, 2.05) is 0 Å². The Morgan fingerprint density at radius 1 is 0.828 bits per heavy atom. The van der Waals surface area contributed by atoms with Crippen molar-refractivity contribution < 1.29 is 33.3 Å². The van der Waals surface area contributed by atoms with Crippen molar-refractivity contribution in [3.8, 4) is 0 Å². The molecule has 0 bridgehead atoms. The number of likely N-dealkylation sites (N-methyl/N-ethyl adjacent to an activating group) is 1. The number of carbonyl (C=O) groups is 3. The molecule has 0 saturated carbocycles. The van der Waals surface area contributed by atoms with Gasteiger partial charge in [-0.2, -0.15) is 0 Å². The van der Waals surface area contributed by atoms with E-state index < -0.39 is 42.4 Å². The van der Waals surface area contributed by atoms with Gasteiger partial charge in [-0.25, -0.2) is 9.59 Å². The first-order valence-electron chi connectivity index (χ1n) is 8.97. The van der Waals surface area contributed by atoms with Crippen LogP contribution in [-0.2, 0) is 23.7 Å². The van der Waals surface area contributed by atoms with Crippen LogP contribution in [0.1, 0.15) is 20.7 Å². The second-order valence-electron chi connectivity index (χ2n) is 6.25. The molecule has 1 amide bonds. The van der Waals surface area contributed by atoms with Gasteiger partial charge in [-0.3, -0.25) is 4.79 Å². The topological polar surface area (TPSA) is 100 Å². The highest BCUT2D eigenvalue weighted by atomic mass is 16.7. The van der Waals surface area contributed by atoms with Crippen LogP contribution in [0.3, 0.4) is 0 Å². The quantitative estimate of drug-likeness (QED) is 0.736. The summed E-state index contributed by atoms with van der Waals surface area (Å²) in [6, 6.07) is 16.6. The van der Waals surface area contributed by atoms with Crippen LogP contribution < -0.4 is 5.32 Å². The van der Waals surface area contributed by atoms with Crippen LogP contribution in [0.4, 0.5) is 0 Å². The van der Waals surface area contributed by atoms with Gasteiger partial charge in [0.25, 0.3) is 5.91 Å². The summed E-state index contributed by atoms with van der Waals surface area (Å²) in [6.07, 6.45) is -4.62. The first-order chi connectivity index (χ1) is 14.0. The minimum absolute atomic E-state index is 0.289. The molecule has 1 heterocycles. The molecule has 0 spiro atoms. The van der Waals surface area contributed by atoms with Gasteiger partial charge in [0, 0.05) is 14.2 Å². The molecule has 1 saturated heterocycles. The van der Waals surface area contributed by atoms with Gasteiger partial charge in [0.2, 0.25) is 0 Å². The lowest BCUT2D eigenvalue weighted by molar-refractivity contribution is -0.161. The van der Waals surface area contributed by atoms with Gasteiger partial charge in [0.15, 0.2) is 24.6 Å². The molecule has 1 aliphatic heterocycles. The molecule has 1 aliphatic rings. The molecule has 8 nitrogen and oxygen atoms in total. The van der Waals surface area contributed by atoms with Gasteiger partial charge in [0.1, 0.15) is 0 Å². The van der Waals surface area contributed by atoms with E-state index in [4.69, 9.17) is 18.9 Å². The largest absolute Gasteiger partial charge is 0.451 e. The smallest absolute Gasteiger partial charge is 0.338 e. The van der Waals surface area contributed by atoms with E-state index in [1.165, 1.54) is 14.2 Å². The molecule has 1 fully saturated rings. The summed E-state index contributed by atoms with van der Waals surface area (Å²) in [5.74, 6) is -1.86. The van der Waals surface area contributed by atoms with Crippen LogP contribution >= 0.6 is 0 Å². The van der Waals surface area contributed by atoms with Crippen LogP contribution in [0.2, 0.25) is 0 Å². The summed E-state index contributed by atoms with van der Waals surface area (Å²) in [7, 11) is 2.77. The molecule has 3 rings (SSSR count). The van der Waals surface area contributed by atoms with Crippen molar-refractivity contribution in [2.75, 3.05) is 14.2 Å².